The normalized spacial score (nSPS) is 15.0. The predicted octanol–water partition coefficient (Wildman–Crippen LogP) is 2.58. The van der Waals surface area contributed by atoms with Gasteiger partial charge in [0.1, 0.15) is 0 Å². The summed E-state index contributed by atoms with van der Waals surface area (Å²) >= 11 is 12.1. The molecular weight excluding hydrogens is 375 g/mol. The van der Waals surface area contributed by atoms with Crippen LogP contribution in [-0.2, 0) is 11.2 Å². The van der Waals surface area contributed by atoms with Crippen LogP contribution in [-0.4, -0.2) is 66.0 Å². The molecule has 1 aromatic heterocycles. The second-order valence-electron chi connectivity index (χ2n) is 5.96. The highest BCUT2D eigenvalue weighted by molar-refractivity contribution is 6.35. The van der Waals surface area contributed by atoms with Crippen LogP contribution in [0.25, 0.3) is 0 Å². The molecule has 9 heteroatoms. The molecule has 0 bridgehead atoms. The van der Waals surface area contributed by atoms with Crippen LogP contribution in [0.15, 0.2) is 24.4 Å². The van der Waals surface area contributed by atoms with Gasteiger partial charge in [-0.1, -0.05) is 29.3 Å². The summed E-state index contributed by atoms with van der Waals surface area (Å²) in [6.07, 6.45) is 2.37. The van der Waals surface area contributed by atoms with Gasteiger partial charge < -0.3 is 15.4 Å². The Kier molecular flexibility index (Phi) is 7.25. The van der Waals surface area contributed by atoms with Crippen molar-refractivity contribution in [2.45, 2.75) is 6.42 Å². The van der Waals surface area contributed by atoms with Gasteiger partial charge in [-0.3, -0.25) is 4.90 Å². The van der Waals surface area contributed by atoms with E-state index in [1.54, 1.807) is 12.3 Å². The van der Waals surface area contributed by atoms with Crippen LogP contribution in [0, 0.1) is 0 Å². The van der Waals surface area contributed by atoms with Gasteiger partial charge in [0.05, 0.1) is 19.4 Å². The van der Waals surface area contributed by atoms with Crippen LogP contribution in [0.2, 0.25) is 10.0 Å². The topological polar surface area (TPSA) is 75.2 Å². The van der Waals surface area contributed by atoms with E-state index in [4.69, 9.17) is 27.9 Å². The third-order valence-electron chi connectivity index (χ3n) is 4.09. The van der Waals surface area contributed by atoms with E-state index in [0.29, 0.717) is 28.4 Å². The predicted molar refractivity (Wildman–Crippen MR) is 104 cm³/mol. The summed E-state index contributed by atoms with van der Waals surface area (Å²) in [6, 6.07) is 5.52. The minimum absolute atomic E-state index is 0.521. The van der Waals surface area contributed by atoms with Crippen LogP contribution in [0.4, 0.5) is 11.8 Å². The number of hydrogen-bond donors (Lipinski definition) is 2. The van der Waals surface area contributed by atoms with E-state index in [2.05, 4.69) is 30.7 Å². The molecule has 7 nitrogen and oxygen atoms in total. The Hall–Kier alpha value is -1.67. The molecule has 26 heavy (non-hydrogen) atoms. The lowest BCUT2D eigenvalue weighted by atomic mass is 10.1. The monoisotopic (exact) mass is 396 g/mol. The molecule has 3 rings (SSSR count). The highest BCUT2D eigenvalue weighted by atomic mass is 35.5. The average Bonchev–Trinajstić information content (AvgIpc) is 2.65. The van der Waals surface area contributed by atoms with Crippen molar-refractivity contribution in [3.8, 4) is 0 Å². The molecule has 1 aliphatic rings. The van der Waals surface area contributed by atoms with Gasteiger partial charge in [-0.15, -0.1) is 5.10 Å². The molecule has 0 saturated carbocycles. The molecule has 2 aromatic rings. The number of anilines is 2. The molecule has 2 heterocycles. The first-order valence-electron chi connectivity index (χ1n) is 8.62. The smallest absolute Gasteiger partial charge is 0.244 e. The summed E-state index contributed by atoms with van der Waals surface area (Å²) < 4.78 is 5.34. The molecule has 1 saturated heterocycles. The number of ether oxygens (including phenoxy) is 1. The summed E-state index contributed by atoms with van der Waals surface area (Å²) in [4.78, 5) is 6.78. The molecule has 1 aliphatic heterocycles. The Morgan fingerprint density at radius 2 is 1.96 bits per heavy atom. The maximum atomic E-state index is 6.19. The Morgan fingerprint density at radius 3 is 2.77 bits per heavy atom. The molecule has 0 unspecified atom stereocenters. The number of hydrogen-bond acceptors (Lipinski definition) is 7. The second kappa shape index (κ2) is 9.87. The number of morpholine rings is 1. The van der Waals surface area contributed by atoms with Crippen LogP contribution < -0.4 is 10.6 Å². The van der Waals surface area contributed by atoms with Gasteiger partial charge in [0.25, 0.3) is 0 Å². The van der Waals surface area contributed by atoms with E-state index < -0.39 is 0 Å². The van der Waals surface area contributed by atoms with E-state index >= 15 is 0 Å². The number of aromatic nitrogens is 3. The minimum Gasteiger partial charge on any atom is -0.379 e. The van der Waals surface area contributed by atoms with E-state index in [1.807, 2.05) is 12.1 Å². The molecule has 0 amide bonds. The van der Waals surface area contributed by atoms with Crippen LogP contribution in [0.5, 0.6) is 0 Å². The summed E-state index contributed by atoms with van der Waals surface area (Å²) in [7, 11) is 0. The summed E-state index contributed by atoms with van der Waals surface area (Å²) in [5.41, 5.74) is 1.04. The lowest BCUT2D eigenvalue weighted by Gasteiger charge is -2.26. The Balaban J connectivity index is 1.43. The molecule has 1 fully saturated rings. The summed E-state index contributed by atoms with van der Waals surface area (Å²) in [6.45, 7) is 5.92. The number of rotatable bonds is 8. The van der Waals surface area contributed by atoms with Gasteiger partial charge in [-0.25, -0.2) is 0 Å². The third kappa shape index (κ3) is 5.95. The minimum atomic E-state index is 0.521. The zero-order chi connectivity index (χ0) is 18.2. The lowest BCUT2D eigenvalue weighted by Crippen LogP contribution is -2.39. The maximum absolute atomic E-state index is 6.19. The molecule has 140 valence electrons. The fourth-order valence-electron chi connectivity index (χ4n) is 2.66. The molecule has 2 N–H and O–H groups in total. The summed E-state index contributed by atoms with van der Waals surface area (Å²) in [5, 5.41) is 15.8. The van der Waals surface area contributed by atoms with Gasteiger partial charge in [-0.2, -0.15) is 10.1 Å². The molecule has 0 spiro atoms. The van der Waals surface area contributed by atoms with Crippen LogP contribution >= 0.6 is 23.2 Å². The van der Waals surface area contributed by atoms with Crippen molar-refractivity contribution in [3.63, 3.8) is 0 Å². The Bertz CT molecular complexity index is 711. The van der Waals surface area contributed by atoms with Gasteiger partial charge in [-0.05, 0) is 24.1 Å². The van der Waals surface area contributed by atoms with E-state index in [-0.39, 0.29) is 0 Å². The van der Waals surface area contributed by atoms with Crippen LogP contribution in [0.3, 0.4) is 0 Å². The average molecular weight is 397 g/mol. The van der Waals surface area contributed by atoms with Crippen molar-refractivity contribution < 1.29 is 4.74 Å². The molecule has 1 aromatic carbocycles. The fourth-order valence-corrected chi connectivity index (χ4v) is 3.17. The maximum Gasteiger partial charge on any atom is 0.244 e. The van der Waals surface area contributed by atoms with Gasteiger partial charge >= 0.3 is 0 Å². The number of nitrogens with zero attached hydrogens (tertiary/aromatic N) is 4. The molecular formula is C17H22Cl2N6O. The molecule has 0 atom stereocenters. The molecule has 0 aliphatic carbocycles. The van der Waals surface area contributed by atoms with Crippen molar-refractivity contribution in [2.24, 2.45) is 0 Å². The number of benzene rings is 1. The number of halogens is 2. The first kappa shape index (κ1) is 19.1. The van der Waals surface area contributed by atoms with Gasteiger partial charge in [0.15, 0.2) is 5.82 Å². The quantitative estimate of drug-likeness (QED) is 0.709. The first-order chi connectivity index (χ1) is 12.7. The van der Waals surface area contributed by atoms with Gasteiger partial charge in [0.2, 0.25) is 5.95 Å². The van der Waals surface area contributed by atoms with Crippen molar-refractivity contribution in [1.82, 2.24) is 20.1 Å². The number of nitrogens with one attached hydrogen (secondary N) is 2. The fraction of sp³-hybridized carbons (Fsp3) is 0.471. The first-order valence-corrected chi connectivity index (χ1v) is 9.38. The zero-order valence-electron chi connectivity index (χ0n) is 14.4. The van der Waals surface area contributed by atoms with Crippen molar-refractivity contribution in [3.05, 3.63) is 40.0 Å². The van der Waals surface area contributed by atoms with Crippen molar-refractivity contribution in [1.29, 1.82) is 0 Å². The SMILES string of the molecule is Clc1ccc(CCNc2cnnc(NCCN3CCOCC3)n2)c(Cl)c1. The van der Waals surface area contributed by atoms with Gasteiger partial charge in [0, 0.05) is 42.8 Å². The third-order valence-corrected chi connectivity index (χ3v) is 4.68. The van der Waals surface area contributed by atoms with Crippen LogP contribution in [0.1, 0.15) is 5.56 Å². The molecule has 0 radical (unpaired) electrons. The highest BCUT2D eigenvalue weighted by Gasteiger charge is 2.09. The van der Waals surface area contributed by atoms with E-state index in [0.717, 1.165) is 51.4 Å². The Morgan fingerprint density at radius 1 is 1.12 bits per heavy atom. The summed E-state index contributed by atoms with van der Waals surface area (Å²) in [5.74, 6) is 1.20. The second-order valence-corrected chi connectivity index (χ2v) is 6.80. The van der Waals surface area contributed by atoms with Crippen molar-refractivity contribution >= 4 is 35.0 Å². The van der Waals surface area contributed by atoms with E-state index in [9.17, 15) is 0 Å². The zero-order valence-corrected chi connectivity index (χ0v) is 15.9. The standard InChI is InChI=1S/C17H22Cl2N6O/c18-14-2-1-13(15(19)11-14)3-4-20-16-12-22-24-17(23-16)21-5-6-25-7-9-26-10-8-25/h1-2,11-12H,3-10H2,(H2,20,21,23,24). The highest BCUT2D eigenvalue weighted by Crippen LogP contribution is 2.21. The Labute approximate surface area is 163 Å². The van der Waals surface area contributed by atoms with E-state index in [1.165, 1.54) is 0 Å². The lowest BCUT2D eigenvalue weighted by molar-refractivity contribution is 0.0398. The largest absolute Gasteiger partial charge is 0.379 e. The van der Waals surface area contributed by atoms with Crippen molar-refractivity contribution in [2.75, 3.05) is 56.6 Å².